The maximum Gasteiger partial charge on any atom is 0.573 e. The molecule has 35 heavy (non-hydrogen) atoms. The first-order valence-electron chi connectivity index (χ1n) is 10.6. The lowest BCUT2D eigenvalue weighted by molar-refractivity contribution is -0.274. The molecule has 1 heterocycles. The highest BCUT2D eigenvalue weighted by Crippen LogP contribution is 2.28. The molecule has 4 rings (SSSR count). The summed E-state index contributed by atoms with van der Waals surface area (Å²) in [5.74, 6) is 0.393. The SMILES string of the molecule is FC(F)(F)Oc1cccc(OCc2cc(OCc3ccccc3)c(OCc3ccccc3)nn2)c1. The molecule has 0 fully saturated rings. The van der Waals surface area contributed by atoms with Crippen LogP contribution in [0.2, 0.25) is 0 Å². The Morgan fingerprint density at radius 1 is 0.600 bits per heavy atom. The van der Waals surface area contributed by atoms with Crippen molar-refractivity contribution >= 4 is 0 Å². The van der Waals surface area contributed by atoms with Gasteiger partial charge in [0.15, 0.2) is 5.75 Å². The second-order valence-corrected chi connectivity index (χ2v) is 7.36. The zero-order valence-electron chi connectivity index (χ0n) is 18.4. The van der Waals surface area contributed by atoms with Crippen LogP contribution in [0.5, 0.6) is 23.1 Å². The minimum atomic E-state index is -4.79. The average molecular weight is 482 g/mol. The van der Waals surface area contributed by atoms with Crippen molar-refractivity contribution in [2.75, 3.05) is 0 Å². The van der Waals surface area contributed by atoms with Gasteiger partial charge in [0, 0.05) is 12.1 Å². The average Bonchev–Trinajstić information content (AvgIpc) is 2.86. The minimum absolute atomic E-state index is 0.0524. The smallest absolute Gasteiger partial charge is 0.487 e. The van der Waals surface area contributed by atoms with E-state index < -0.39 is 6.36 Å². The number of alkyl halides is 3. The van der Waals surface area contributed by atoms with E-state index in [1.54, 1.807) is 6.07 Å². The van der Waals surface area contributed by atoms with Crippen molar-refractivity contribution in [3.63, 3.8) is 0 Å². The van der Waals surface area contributed by atoms with E-state index in [1.807, 2.05) is 60.7 Å². The minimum Gasteiger partial charge on any atom is -0.487 e. The molecule has 0 aliphatic heterocycles. The van der Waals surface area contributed by atoms with Gasteiger partial charge in [-0.1, -0.05) is 66.7 Å². The van der Waals surface area contributed by atoms with E-state index in [4.69, 9.17) is 14.2 Å². The Bertz CT molecular complexity index is 1220. The molecule has 0 saturated carbocycles. The molecule has 180 valence electrons. The standard InChI is InChI=1S/C26H21F3N2O4/c27-26(28,29)35-23-13-7-12-22(15-23)32-18-21-14-24(33-16-19-8-3-1-4-9-19)25(31-30-21)34-17-20-10-5-2-6-11-20/h1-15H,16-18H2. The van der Waals surface area contributed by atoms with Gasteiger partial charge in [0.25, 0.3) is 5.88 Å². The highest BCUT2D eigenvalue weighted by Gasteiger charge is 2.31. The molecule has 6 nitrogen and oxygen atoms in total. The molecule has 9 heteroatoms. The van der Waals surface area contributed by atoms with Crippen LogP contribution in [0, 0.1) is 0 Å². The third kappa shape index (κ3) is 7.63. The number of rotatable bonds is 10. The summed E-state index contributed by atoms with van der Waals surface area (Å²) in [6.07, 6.45) is -4.79. The number of hydrogen-bond donors (Lipinski definition) is 0. The largest absolute Gasteiger partial charge is 0.573 e. The highest BCUT2D eigenvalue weighted by molar-refractivity contribution is 5.35. The van der Waals surface area contributed by atoms with Gasteiger partial charge in [0.1, 0.15) is 37.0 Å². The van der Waals surface area contributed by atoms with Crippen LogP contribution in [0.15, 0.2) is 91.0 Å². The van der Waals surface area contributed by atoms with E-state index in [1.165, 1.54) is 18.2 Å². The van der Waals surface area contributed by atoms with Gasteiger partial charge in [-0.3, -0.25) is 0 Å². The number of ether oxygens (including phenoxy) is 4. The van der Waals surface area contributed by atoms with Gasteiger partial charge in [-0.25, -0.2) is 0 Å². The summed E-state index contributed by atoms with van der Waals surface area (Å²) in [4.78, 5) is 0. The van der Waals surface area contributed by atoms with Crippen LogP contribution in [0.25, 0.3) is 0 Å². The molecule has 0 spiro atoms. The molecule has 0 N–H and O–H groups in total. The first kappa shape index (κ1) is 23.9. The van der Waals surface area contributed by atoms with Crippen molar-refractivity contribution in [3.8, 4) is 23.1 Å². The summed E-state index contributed by atoms with van der Waals surface area (Å²) < 4.78 is 58.7. The highest BCUT2D eigenvalue weighted by atomic mass is 19.4. The quantitative estimate of drug-likeness (QED) is 0.272. The molecule has 3 aromatic carbocycles. The monoisotopic (exact) mass is 482 g/mol. The summed E-state index contributed by atoms with van der Waals surface area (Å²) in [6.45, 7) is 0.507. The maximum atomic E-state index is 12.5. The predicted molar refractivity (Wildman–Crippen MR) is 121 cm³/mol. The molecule has 0 bridgehead atoms. The van der Waals surface area contributed by atoms with Crippen LogP contribution in [-0.4, -0.2) is 16.6 Å². The Labute approximate surface area is 199 Å². The second-order valence-electron chi connectivity index (χ2n) is 7.36. The molecule has 0 unspecified atom stereocenters. The molecule has 1 aromatic heterocycles. The fraction of sp³-hybridized carbons (Fsp3) is 0.154. The Morgan fingerprint density at radius 3 is 1.89 bits per heavy atom. The fourth-order valence-electron chi connectivity index (χ4n) is 3.05. The molecule has 0 aliphatic rings. The lowest BCUT2D eigenvalue weighted by Gasteiger charge is -2.13. The van der Waals surface area contributed by atoms with Crippen LogP contribution >= 0.6 is 0 Å². The van der Waals surface area contributed by atoms with E-state index in [-0.39, 0.29) is 37.2 Å². The molecule has 0 atom stereocenters. The third-order valence-corrected chi connectivity index (χ3v) is 4.66. The van der Waals surface area contributed by atoms with E-state index in [2.05, 4.69) is 14.9 Å². The van der Waals surface area contributed by atoms with Gasteiger partial charge < -0.3 is 18.9 Å². The number of benzene rings is 3. The zero-order valence-corrected chi connectivity index (χ0v) is 18.4. The molecule has 0 radical (unpaired) electrons. The first-order chi connectivity index (χ1) is 16.9. The van der Waals surface area contributed by atoms with Gasteiger partial charge in [-0.15, -0.1) is 23.4 Å². The van der Waals surface area contributed by atoms with E-state index in [0.29, 0.717) is 11.4 Å². The summed E-state index contributed by atoms with van der Waals surface area (Å²) in [6, 6.07) is 26.1. The first-order valence-corrected chi connectivity index (χ1v) is 10.6. The van der Waals surface area contributed by atoms with Crippen molar-refractivity contribution in [1.82, 2.24) is 10.2 Å². The summed E-state index contributed by atoms with van der Waals surface area (Å²) in [5, 5.41) is 8.25. The number of aromatic nitrogens is 2. The number of halogens is 3. The van der Waals surface area contributed by atoms with Crippen molar-refractivity contribution < 1.29 is 32.1 Å². The number of hydrogen-bond acceptors (Lipinski definition) is 6. The van der Waals surface area contributed by atoms with Crippen LogP contribution in [0.4, 0.5) is 13.2 Å². The molecule has 0 saturated heterocycles. The van der Waals surface area contributed by atoms with Crippen LogP contribution in [0.1, 0.15) is 16.8 Å². The van der Waals surface area contributed by atoms with Gasteiger partial charge in [0.2, 0.25) is 0 Å². The summed E-state index contributed by atoms with van der Waals surface area (Å²) in [7, 11) is 0. The van der Waals surface area contributed by atoms with Crippen molar-refractivity contribution in [1.29, 1.82) is 0 Å². The lowest BCUT2D eigenvalue weighted by atomic mass is 10.2. The van der Waals surface area contributed by atoms with Crippen LogP contribution in [-0.2, 0) is 19.8 Å². The zero-order chi connectivity index (χ0) is 24.5. The predicted octanol–water partition coefficient (Wildman–Crippen LogP) is 6.11. The Kier molecular flexibility index (Phi) is 7.67. The van der Waals surface area contributed by atoms with Crippen LogP contribution < -0.4 is 18.9 Å². The molecule has 0 amide bonds. The molecule has 0 aliphatic carbocycles. The Balaban J connectivity index is 1.46. The van der Waals surface area contributed by atoms with E-state index in [0.717, 1.165) is 17.2 Å². The molecular weight excluding hydrogens is 461 g/mol. The second kappa shape index (κ2) is 11.2. The van der Waals surface area contributed by atoms with Gasteiger partial charge >= 0.3 is 6.36 Å². The van der Waals surface area contributed by atoms with Gasteiger partial charge in [0.05, 0.1) is 0 Å². The summed E-state index contributed by atoms with van der Waals surface area (Å²) in [5.41, 5.74) is 2.32. The van der Waals surface area contributed by atoms with E-state index >= 15 is 0 Å². The van der Waals surface area contributed by atoms with E-state index in [9.17, 15) is 13.2 Å². The fourth-order valence-corrected chi connectivity index (χ4v) is 3.05. The normalized spacial score (nSPS) is 11.1. The Hall–Kier alpha value is -4.27. The summed E-state index contributed by atoms with van der Waals surface area (Å²) >= 11 is 0. The molecular formula is C26H21F3N2O4. The third-order valence-electron chi connectivity index (χ3n) is 4.66. The number of nitrogens with zero attached hydrogens (tertiary/aromatic N) is 2. The lowest BCUT2D eigenvalue weighted by Crippen LogP contribution is -2.17. The van der Waals surface area contributed by atoms with Crippen molar-refractivity contribution in [3.05, 3.63) is 108 Å². The Morgan fingerprint density at radius 2 is 1.23 bits per heavy atom. The topological polar surface area (TPSA) is 62.7 Å². The van der Waals surface area contributed by atoms with Gasteiger partial charge in [-0.05, 0) is 23.3 Å². The van der Waals surface area contributed by atoms with Crippen LogP contribution in [0.3, 0.4) is 0 Å². The van der Waals surface area contributed by atoms with Crippen molar-refractivity contribution in [2.24, 2.45) is 0 Å². The molecule has 4 aromatic rings. The van der Waals surface area contributed by atoms with Crippen molar-refractivity contribution in [2.45, 2.75) is 26.2 Å². The van der Waals surface area contributed by atoms with Gasteiger partial charge in [-0.2, -0.15) is 0 Å². The maximum absolute atomic E-state index is 12.5.